The largest absolute Gasteiger partial charge is 0.492 e. The summed E-state index contributed by atoms with van der Waals surface area (Å²) in [7, 11) is 0. The van der Waals surface area contributed by atoms with Crippen molar-refractivity contribution in [2.24, 2.45) is 0 Å². The molecule has 0 aliphatic rings. The van der Waals surface area contributed by atoms with Crippen LogP contribution in [0.15, 0.2) is 66.9 Å². The second-order valence-electron chi connectivity index (χ2n) is 5.35. The second-order valence-corrected chi connectivity index (χ2v) is 5.35. The van der Waals surface area contributed by atoms with Gasteiger partial charge in [-0.15, -0.1) is 0 Å². The van der Waals surface area contributed by atoms with E-state index in [0.29, 0.717) is 30.5 Å². The monoisotopic (exact) mass is 320 g/mol. The third kappa shape index (κ3) is 3.84. The van der Waals surface area contributed by atoms with E-state index in [9.17, 15) is 0 Å². The van der Waals surface area contributed by atoms with Gasteiger partial charge in [-0.2, -0.15) is 0 Å². The summed E-state index contributed by atoms with van der Waals surface area (Å²) in [6.07, 6.45) is 1.79. The zero-order valence-corrected chi connectivity index (χ0v) is 13.6. The molecule has 4 heteroatoms. The van der Waals surface area contributed by atoms with Crippen LogP contribution in [0.2, 0.25) is 0 Å². The standard InChI is InChI=1S/C20H20N2O2/c1-2-23-19-10-8-16(12-18(19)21)17-9-11-20(22-13-17)24-14-15-6-4-3-5-7-15/h3-13H,2,14,21H2,1H3. The molecule has 0 aliphatic carbocycles. The Morgan fingerprint density at radius 1 is 0.917 bits per heavy atom. The molecule has 0 aliphatic heterocycles. The summed E-state index contributed by atoms with van der Waals surface area (Å²) in [4.78, 5) is 4.36. The minimum absolute atomic E-state index is 0.503. The van der Waals surface area contributed by atoms with E-state index in [0.717, 1.165) is 16.7 Å². The summed E-state index contributed by atoms with van der Waals surface area (Å²) in [5.74, 6) is 1.30. The first kappa shape index (κ1) is 15.9. The summed E-state index contributed by atoms with van der Waals surface area (Å²) in [6, 6.07) is 19.6. The molecule has 0 saturated carbocycles. The highest BCUT2D eigenvalue weighted by Gasteiger charge is 2.05. The molecule has 1 heterocycles. The highest BCUT2D eigenvalue weighted by molar-refractivity contribution is 5.70. The molecule has 0 saturated heterocycles. The number of nitrogens with two attached hydrogens (primary N) is 1. The zero-order chi connectivity index (χ0) is 16.8. The van der Waals surface area contributed by atoms with Gasteiger partial charge in [0, 0.05) is 17.8 Å². The number of benzene rings is 2. The van der Waals surface area contributed by atoms with Gasteiger partial charge in [-0.25, -0.2) is 4.98 Å². The van der Waals surface area contributed by atoms with Crippen LogP contribution in [0.25, 0.3) is 11.1 Å². The molecule has 0 spiro atoms. The van der Waals surface area contributed by atoms with Crippen molar-refractivity contribution in [2.45, 2.75) is 13.5 Å². The van der Waals surface area contributed by atoms with Gasteiger partial charge in [-0.3, -0.25) is 0 Å². The number of hydrogen-bond acceptors (Lipinski definition) is 4. The second kappa shape index (κ2) is 7.51. The van der Waals surface area contributed by atoms with Crippen LogP contribution in [-0.2, 0) is 6.61 Å². The first-order valence-corrected chi connectivity index (χ1v) is 7.91. The predicted molar refractivity (Wildman–Crippen MR) is 96.0 cm³/mol. The molecule has 0 atom stereocenters. The lowest BCUT2D eigenvalue weighted by atomic mass is 10.1. The molecule has 0 fully saturated rings. The fourth-order valence-corrected chi connectivity index (χ4v) is 2.38. The van der Waals surface area contributed by atoms with Crippen LogP contribution in [0.4, 0.5) is 5.69 Å². The SMILES string of the molecule is CCOc1ccc(-c2ccc(OCc3ccccc3)nc2)cc1N. The molecule has 122 valence electrons. The summed E-state index contributed by atoms with van der Waals surface area (Å²) >= 11 is 0. The summed E-state index contributed by atoms with van der Waals surface area (Å²) in [5.41, 5.74) is 9.74. The van der Waals surface area contributed by atoms with Gasteiger partial charge in [0.05, 0.1) is 12.3 Å². The van der Waals surface area contributed by atoms with Gasteiger partial charge in [0.15, 0.2) is 0 Å². The number of aromatic nitrogens is 1. The Labute approximate surface area is 141 Å². The lowest BCUT2D eigenvalue weighted by molar-refractivity contribution is 0.294. The minimum atomic E-state index is 0.503. The van der Waals surface area contributed by atoms with E-state index in [4.69, 9.17) is 15.2 Å². The van der Waals surface area contributed by atoms with Gasteiger partial charge in [0.1, 0.15) is 12.4 Å². The Morgan fingerprint density at radius 2 is 1.71 bits per heavy atom. The molecule has 0 radical (unpaired) electrons. The van der Waals surface area contributed by atoms with Gasteiger partial charge >= 0.3 is 0 Å². The van der Waals surface area contributed by atoms with Gasteiger partial charge in [-0.1, -0.05) is 36.4 Å². The van der Waals surface area contributed by atoms with Gasteiger partial charge in [0.2, 0.25) is 5.88 Å². The fourth-order valence-electron chi connectivity index (χ4n) is 2.38. The average molecular weight is 320 g/mol. The lowest BCUT2D eigenvalue weighted by Gasteiger charge is -2.10. The highest BCUT2D eigenvalue weighted by Crippen LogP contribution is 2.28. The topological polar surface area (TPSA) is 57.4 Å². The van der Waals surface area contributed by atoms with E-state index < -0.39 is 0 Å². The minimum Gasteiger partial charge on any atom is -0.492 e. The molecule has 2 aromatic carbocycles. The van der Waals surface area contributed by atoms with E-state index in [2.05, 4.69) is 4.98 Å². The van der Waals surface area contributed by atoms with Crippen molar-refractivity contribution in [3.05, 3.63) is 72.4 Å². The zero-order valence-electron chi connectivity index (χ0n) is 13.6. The van der Waals surface area contributed by atoms with E-state index in [-0.39, 0.29) is 0 Å². The average Bonchev–Trinajstić information content (AvgIpc) is 2.63. The van der Waals surface area contributed by atoms with E-state index in [1.54, 1.807) is 6.20 Å². The molecule has 3 aromatic rings. The number of nitrogen functional groups attached to an aromatic ring is 1. The van der Waals surface area contributed by atoms with Crippen LogP contribution in [-0.4, -0.2) is 11.6 Å². The molecule has 2 N–H and O–H groups in total. The smallest absolute Gasteiger partial charge is 0.213 e. The number of anilines is 1. The number of nitrogens with zero attached hydrogens (tertiary/aromatic N) is 1. The number of hydrogen-bond donors (Lipinski definition) is 1. The number of ether oxygens (including phenoxy) is 2. The third-order valence-corrected chi connectivity index (χ3v) is 3.61. The molecular formula is C20H20N2O2. The first-order chi connectivity index (χ1) is 11.8. The van der Waals surface area contributed by atoms with Crippen molar-refractivity contribution in [3.8, 4) is 22.8 Å². The van der Waals surface area contributed by atoms with Crippen molar-refractivity contribution in [2.75, 3.05) is 12.3 Å². The number of rotatable bonds is 6. The number of pyridine rings is 1. The summed E-state index contributed by atoms with van der Waals surface area (Å²) in [6.45, 7) is 3.03. The van der Waals surface area contributed by atoms with Crippen molar-refractivity contribution in [1.29, 1.82) is 0 Å². The third-order valence-electron chi connectivity index (χ3n) is 3.61. The Hall–Kier alpha value is -3.01. The van der Waals surface area contributed by atoms with Crippen LogP contribution in [0.1, 0.15) is 12.5 Å². The maximum atomic E-state index is 6.02. The van der Waals surface area contributed by atoms with Gasteiger partial charge in [-0.05, 0) is 36.2 Å². The molecule has 3 rings (SSSR count). The molecular weight excluding hydrogens is 300 g/mol. The molecule has 4 nitrogen and oxygen atoms in total. The lowest BCUT2D eigenvalue weighted by Crippen LogP contribution is -1.98. The van der Waals surface area contributed by atoms with Gasteiger partial charge < -0.3 is 15.2 Å². The van der Waals surface area contributed by atoms with Crippen molar-refractivity contribution in [3.63, 3.8) is 0 Å². The fraction of sp³-hybridized carbons (Fsp3) is 0.150. The maximum Gasteiger partial charge on any atom is 0.213 e. The van der Waals surface area contributed by atoms with Crippen LogP contribution >= 0.6 is 0 Å². The summed E-state index contributed by atoms with van der Waals surface area (Å²) < 4.78 is 11.2. The van der Waals surface area contributed by atoms with Gasteiger partial charge in [0.25, 0.3) is 0 Å². The Balaban J connectivity index is 1.69. The van der Waals surface area contributed by atoms with Crippen LogP contribution in [0, 0.1) is 0 Å². The van der Waals surface area contributed by atoms with Crippen LogP contribution in [0.5, 0.6) is 11.6 Å². The van der Waals surface area contributed by atoms with Crippen molar-refractivity contribution >= 4 is 5.69 Å². The molecule has 0 unspecified atom stereocenters. The molecule has 0 bridgehead atoms. The quantitative estimate of drug-likeness (QED) is 0.688. The Bertz CT molecular complexity index is 786. The van der Waals surface area contributed by atoms with E-state index in [1.807, 2.05) is 67.6 Å². The summed E-state index contributed by atoms with van der Waals surface area (Å²) in [5, 5.41) is 0. The van der Waals surface area contributed by atoms with Crippen LogP contribution in [0.3, 0.4) is 0 Å². The van der Waals surface area contributed by atoms with Crippen molar-refractivity contribution in [1.82, 2.24) is 4.98 Å². The Kier molecular flexibility index (Phi) is 4.96. The molecule has 0 amide bonds. The Morgan fingerprint density at radius 3 is 2.38 bits per heavy atom. The predicted octanol–water partition coefficient (Wildman–Crippen LogP) is 4.31. The normalized spacial score (nSPS) is 10.4. The van der Waals surface area contributed by atoms with Crippen molar-refractivity contribution < 1.29 is 9.47 Å². The van der Waals surface area contributed by atoms with E-state index in [1.165, 1.54) is 0 Å². The highest BCUT2D eigenvalue weighted by atomic mass is 16.5. The van der Waals surface area contributed by atoms with E-state index >= 15 is 0 Å². The van der Waals surface area contributed by atoms with Crippen LogP contribution < -0.4 is 15.2 Å². The maximum absolute atomic E-state index is 6.02. The molecule has 24 heavy (non-hydrogen) atoms. The first-order valence-electron chi connectivity index (χ1n) is 7.91. The molecule has 1 aromatic heterocycles.